The van der Waals surface area contributed by atoms with E-state index in [-0.39, 0.29) is 22.8 Å². The maximum absolute atomic E-state index is 13.5. The van der Waals surface area contributed by atoms with Crippen LogP contribution < -0.4 is 0 Å². The first kappa shape index (κ1) is 12.7. The maximum atomic E-state index is 13.5. The van der Waals surface area contributed by atoms with Crippen LogP contribution in [-0.4, -0.2) is 5.78 Å². The normalized spacial score (nSPS) is 10.5. The number of thiophene rings is 1. The van der Waals surface area contributed by atoms with Gasteiger partial charge in [0, 0.05) is 26.2 Å². The third-order valence-corrected chi connectivity index (χ3v) is 4.12. The number of benzene rings is 1. The van der Waals surface area contributed by atoms with E-state index >= 15 is 0 Å². The molecule has 0 aliphatic rings. The highest BCUT2D eigenvalue weighted by atomic mass is 79.9. The van der Waals surface area contributed by atoms with Crippen LogP contribution in [0.3, 0.4) is 0 Å². The summed E-state index contributed by atoms with van der Waals surface area (Å²) in [7, 11) is 0. The zero-order chi connectivity index (χ0) is 12.4. The van der Waals surface area contributed by atoms with Crippen LogP contribution in [0.1, 0.15) is 15.2 Å². The van der Waals surface area contributed by atoms with Gasteiger partial charge in [-0.2, -0.15) is 0 Å². The fourth-order valence-corrected chi connectivity index (χ4v) is 3.02. The second-order valence-electron chi connectivity index (χ2n) is 3.46. The highest BCUT2D eigenvalue weighted by Crippen LogP contribution is 2.22. The molecule has 88 valence electrons. The van der Waals surface area contributed by atoms with Crippen molar-refractivity contribution in [3.8, 4) is 0 Å². The number of Topliss-reactive ketones (excluding diaryl/α,β-unsaturated/α-hetero) is 1. The molecular formula is C12H7BrClFOS. The van der Waals surface area contributed by atoms with E-state index in [0.29, 0.717) is 0 Å². The minimum Gasteiger partial charge on any atom is -0.294 e. The smallest absolute Gasteiger partial charge is 0.171 e. The second kappa shape index (κ2) is 5.29. The molecule has 1 heterocycles. The first-order valence-electron chi connectivity index (χ1n) is 4.77. The molecule has 0 unspecified atom stereocenters. The van der Waals surface area contributed by atoms with Gasteiger partial charge in [-0.25, -0.2) is 4.39 Å². The highest BCUT2D eigenvalue weighted by Gasteiger charge is 2.13. The molecule has 1 aromatic heterocycles. The van der Waals surface area contributed by atoms with Gasteiger partial charge in [0.2, 0.25) is 0 Å². The standard InChI is InChI=1S/C12H7BrClFOS/c13-7-3-9(17-6-7)5-12(16)10-2-1-8(14)4-11(10)15/h1-4,6H,5H2. The Kier molecular flexibility index (Phi) is 3.97. The van der Waals surface area contributed by atoms with Crippen LogP contribution in [0, 0.1) is 5.82 Å². The molecule has 1 nitrogen and oxygen atoms in total. The Labute approximate surface area is 115 Å². The van der Waals surface area contributed by atoms with Gasteiger partial charge in [-0.1, -0.05) is 11.6 Å². The summed E-state index contributed by atoms with van der Waals surface area (Å²) in [5, 5.41) is 2.18. The summed E-state index contributed by atoms with van der Waals surface area (Å²) in [5.41, 5.74) is 0.0823. The molecule has 0 N–H and O–H groups in total. The van der Waals surface area contributed by atoms with E-state index in [4.69, 9.17) is 11.6 Å². The summed E-state index contributed by atoms with van der Waals surface area (Å²) in [4.78, 5) is 12.8. The predicted molar refractivity (Wildman–Crippen MR) is 71.5 cm³/mol. The van der Waals surface area contributed by atoms with E-state index < -0.39 is 5.82 Å². The molecule has 2 aromatic rings. The number of hydrogen-bond donors (Lipinski definition) is 0. The van der Waals surface area contributed by atoms with Gasteiger partial charge in [-0.15, -0.1) is 11.3 Å². The average molecular weight is 334 g/mol. The van der Waals surface area contributed by atoms with E-state index in [9.17, 15) is 9.18 Å². The molecule has 0 saturated carbocycles. The number of rotatable bonds is 3. The van der Waals surface area contributed by atoms with Crippen molar-refractivity contribution in [2.45, 2.75) is 6.42 Å². The third-order valence-electron chi connectivity index (χ3n) is 2.19. The van der Waals surface area contributed by atoms with Gasteiger partial charge in [0.05, 0.1) is 5.56 Å². The van der Waals surface area contributed by atoms with Crippen molar-refractivity contribution in [2.75, 3.05) is 0 Å². The lowest BCUT2D eigenvalue weighted by atomic mass is 10.1. The number of carbonyl (C=O) groups is 1. The molecule has 0 aliphatic carbocycles. The lowest BCUT2D eigenvalue weighted by molar-refractivity contribution is 0.0990. The largest absolute Gasteiger partial charge is 0.294 e. The monoisotopic (exact) mass is 332 g/mol. The number of carbonyl (C=O) groups excluding carboxylic acids is 1. The van der Waals surface area contributed by atoms with E-state index in [0.717, 1.165) is 15.4 Å². The van der Waals surface area contributed by atoms with Crippen LogP contribution >= 0.6 is 38.9 Å². The Morgan fingerprint density at radius 1 is 1.41 bits per heavy atom. The lowest BCUT2D eigenvalue weighted by Crippen LogP contribution is -2.04. The molecule has 17 heavy (non-hydrogen) atoms. The summed E-state index contributed by atoms with van der Waals surface area (Å²) >= 11 is 10.4. The van der Waals surface area contributed by atoms with Crippen molar-refractivity contribution in [3.05, 3.63) is 55.4 Å². The van der Waals surface area contributed by atoms with Gasteiger partial charge in [0.1, 0.15) is 5.82 Å². The van der Waals surface area contributed by atoms with Crippen molar-refractivity contribution in [1.29, 1.82) is 0 Å². The third kappa shape index (κ3) is 3.15. The van der Waals surface area contributed by atoms with Gasteiger partial charge in [-0.3, -0.25) is 4.79 Å². The maximum Gasteiger partial charge on any atom is 0.171 e. The number of hydrogen-bond acceptors (Lipinski definition) is 2. The van der Waals surface area contributed by atoms with Crippen LogP contribution in [0.15, 0.2) is 34.1 Å². The van der Waals surface area contributed by atoms with Crippen LogP contribution in [0.25, 0.3) is 0 Å². The summed E-state index contributed by atoms with van der Waals surface area (Å²) in [6.45, 7) is 0. The molecule has 0 atom stereocenters. The Balaban J connectivity index is 2.20. The molecule has 0 radical (unpaired) electrons. The van der Waals surface area contributed by atoms with Crippen LogP contribution in [0.5, 0.6) is 0 Å². The molecule has 2 rings (SSSR count). The predicted octanol–water partition coefficient (Wildman–Crippen LogP) is 4.73. The fraction of sp³-hybridized carbons (Fsp3) is 0.0833. The summed E-state index contributed by atoms with van der Waals surface area (Å²) in [5.74, 6) is -0.813. The number of ketones is 1. The van der Waals surface area contributed by atoms with Gasteiger partial charge in [-0.05, 0) is 40.2 Å². The molecule has 1 aromatic carbocycles. The van der Waals surface area contributed by atoms with Gasteiger partial charge >= 0.3 is 0 Å². The Bertz CT molecular complexity index is 567. The van der Waals surface area contributed by atoms with Crippen LogP contribution in [0.4, 0.5) is 4.39 Å². The zero-order valence-electron chi connectivity index (χ0n) is 8.54. The quantitative estimate of drug-likeness (QED) is 0.742. The molecule has 5 heteroatoms. The summed E-state index contributed by atoms with van der Waals surface area (Å²) in [6, 6.07) is 5.94. The minimum atomic E-state index is -0.571. The summed E-state index contributed by atoms with van der Waals surface area (Å²) < 4.78 is 14.4. The average Bonchev–Trinajstić information content (AvgIpc) is 2.63. The van der Waals surface area contributed by atoms with Gasteiger partial charge < -0.3 is 0 Å². The van der Waals surface area contributed by atoms with Gasteiger partial charge in [0.25, 0.3) is 0 Å². The first-order chi connectivity index (χ1) is 8.06. The molecule has 0 amide bonds. The van der Waals surface area contributed by atoms with E-state index in [1.165, 1.54) is 23.5 Å². The fourth-order valence-electron chi connectivity index (χ4n) is 1.42. The van der Waals surface area contributed by atoms with Crippen molar-refractivity contribution < 1.29 is 9.18 Å². The summed E-state index contributed by atoms with van der Waals surface area (Å²) in [6.07, 6.45) is 0.203. The Hall–Kier alpha value is -0.710. The number of halogens is 3. The van der Waals surface area contributed by atoms with Crippen molar-refractivity contribution in [1.82, 2.24) is 0 Å². The molecule has 0 saturated heterocycles. The topological polar surface area (TPSA) is 17.1 Å². The van der Waals surface area contributed by atoms with Crippen molar-refractivity contribution in [2.24, 2.45) is 0 Å². The van der Waals surface area contributed by atoms with E-state index in [1.54, 1.807) is 0 Å². The molecule has 0 aliphatic heterocycles. The van der Waals surface area contributed by atoms with Crippen LogP contribution in [-0.2, 0) is 6.42 Å². The first-order valence-corrected chi connectivity index (χ1v) is 6.82. The molecule has 0 fully saturated rings. The van der Waals surface area contributed by atoms with Crippen LogP contribution in [0.2, 0.25) is 5.02 Å². The van der Waals surface area contributed by atoms with Crippen molar-refractivity contribution >= 4 is 44.7 Å². The van der Waals surface area contributed by atoms with E-state index in [1.807, 2.05) is 11.4 Å². The zero-order valence-corrected chi connectivity index (χ0v) is 11.7. The SMILES string of the molecule is O=C(Cc1cc(Br)cs1)c1ccc(Cl)cc1F. The highest BCUT2D eigenvalue weighted by molar-refractivity contribution is 9.10. The Morgan fingerprint density at radius 2 is 2.18 bits per heavy atom. The lowest BCUT2D eigenvalue weighted by Gasteiger charge is -2.01. The molecular weight excluding hydrogens is 327 g/mol. The molecule has 0 bridgehead atoms. The second-order valence-corrected chi connectivity index (χ2v) is 5.80. The van der Waals surface area contributed by atoms with Gasteiger partial charge in [0.15, 0.2) is 5.78 Å². The Morgan fingerprint density at radius 3 is 2.76 bits per heavy atom. The van der Waals surface area contributed by atoms with Crippen molar-refractivity contribution in [3.63, 3.8) is 0 Å². The minimum absolute atomic E-state index is 0.0823. The molecule has 0 spiro atoms. The van der Waals surface area contributed by atoms with E-state index in [2.05, 4.69) is 15.9 Å².